The lowest BCUT2D eigenvalue weighted by Gasteiger charge is -2.32. The third-order valence-electron chi connectivity index (χ3n) is 3.81. The van der Waals surface area contributed by atoms with E-state index in [4.69, 9.17) is 9.73 Å². The van der Waals surface area contributed by atoms with Crippen molar-refractivity contribution in [2.24, 2.45) is 10.9 Å². The van der Waals surface area contributed by atoms with Gasteiger partial charge in [0.25, 0.3) is 0 Å². The highest BCUT2D eigenvalue weighted by atomic mass is 32.2. The van der Waals surface area contributed by atoms with Crippen LogP contribution in [0.2, 0.25) is 0 Å². The molecule has 2 saturated heterocycles. The topological polar surface area (TPSA) is 33.6 Å². The van der Waals surface area contributed by atoms with E-state index in [0.29, 0.717) is 6.04 Å². The predicted octanol–water partition coefficient (Wildman–Crippen LogP) is 3.05. The molecule has 1 unspecified atom stereocenters. The lowest BCUT2D eigenvalue weighted by atomic mass is 9.93. The molecule has 1 spiro atoms. The average molecular weight is 270 g/mol. The van der Waals surface area contributed by atoms with Crippen LogP contribution < -0.4 is 5.32 Å². The fourth-order valence-corrected chi connectivity index (χ4v) is 3.76. The van der Waals surface area contributed by atoms with E-state index in [9.17, 15) is 0 Å². The molecule has 0 aromatic carbocycles. The Balaban J connectivity index is 1.83. The van der Waals surface area contributed by atoms with E-state index < -0.39 is 0 Å². The molecule has 0 saturated carbocycles. The van der Waals surface area contributed by atoms with Crippen molar-refractivity contribution in [3.63, 3.8) is 0 Å². The van der Waals surface area contributed by atoms with Gasteiger partial charge in [0.05, 0.1) is 5.54 Å². The van der Waals surface area contributed by atoms with Gasteiger partial charge in [-0.05, 0) is 38.5 Å². The first-order chi connectivity index (χ1) is 8.60. The van der Waals surface area contributed by atoms with Gasteiger partial charge in [0.2, 0.25) is 0 Å². The summed E-state index contributed by atoms with van der Waals surface area (Å²) in [7, 11) is 0. The SMILES string of the molecule is CC(C)CCC(C)N=C1NC2(CCOCC2)CS1. The highest BCUT2D eigenvalue weighted by Crippen LogP contribution is 2.32. The van der Waals surface area contributed by atoms with Crippen LogP contribution in [0.3, 0.4) is 0 Å². The molecular weight excluding hydrogens is 244 g/mol. The zero-order valence-corrected chi connectivity index (χ0v) is 12.7. The standard InChI is InChI=1S/C14H26N2OS/c1-11(2)4-5-12(3)15-13-16-14(10-18-13)6-8-17-9-7-14/h11-12H,4-10H2,1-3H3,(H,15,16). The van der Waals surface area contributed by atoms with Crippen LogP contribution in [0.15, 0.2) is 4.99 Å². The Hall–Kier alpha value is -0.220. The maximum Gasteiger partial charge on any atom is 0.157 e. The van der Waals surface area contributed by atoms with Gasteiger partial charge in [0, 0.05) is 25.0 Å². The van der Waals surface area contributed by atoms with Crippen LogP contribution in [0.5, 0.6) is 0 Å². The molecule has 0 aromatic rings. The molecule has 0 aliphatic carbocycles. The number of nitrogens with zero attached hydrogens (tertiary/aromatic N) is 1. The summed E-state index contributed by atoms with van der Waals surface area (Å²) in [6.45, 7) is 8.57. The smallest absolute Gasteiger partial charge is 0.157 e. The minimum Gasteiger partial charge on any atom is -0.381 e. The summed E-state index contributed by atoms with van der Waals surface area (Å²) in [6, 6.07) is 0.442. The van der Waals surface area contributed by atoms with Crippen LogP contribution in [0.4, 0.5) is 0 Å². The van der Waals surface area contributed by atoms with Crippen LogP contribution in [-0.2, 0) is 4.74 Å². The Labute approximate surface area is 115 Å². The molecule has 3 nitrogen and oxygen atoms in total. The molecule has 2 aliphatic heterocycles. The van der Waals surface area contributed by atoms with Crippen LogP contribution in [0, 0.1) is 5.92 Å². The molecule has 0 radical (unpaired) electrons. The van der Waals surface area contributed by atoms with Crippen LogP contribution in [0.1, 0.15) is 46.5 Å². The molecule has 1 N–H and O–H groups in total. The number of thioether (sulfide) groups is 1. The van der Waals surface area contributed by atoms with Crippen molar-refractivity contribution in [3.05, 3.63) is 0 Å². The fourth-order valence-electron chi connectivity index (χ4n) is 2.45. The number of hydrogen-bond acceptors (Lipinski definition) is 3. The van der Waals surface area contributed by atoms with Crippen LogP contribution >= 0.6 is 11.8 Å². The molecule has 1 atom stereocenters. The van der Waals surface area contributed by atoms with Crippen LogP contribution in [0.25, 0.3) is 0 Å². The van der Waals surface area contributed by atoms with E-state index in [1.807, 2.05) is 11.8 Å². The van der Waals surface area contributed by atoms with E-state index in [2.05, 4.69) is 26.1 Å². The van der Waals surface area contributed by atoms with Crippen molar-refractivity contribution in [1.82, 2.24) is 5.32 Å². The zero-order valence-electron chi connectivity index (χ0n) is 11.9. The summed E-state index contributed by atoms with van der Waals surface area (Å²) in [5.41, 5.74) is 0.277. The van der Waals surface area contributed by atoms with Crippen molar-refractivity contribution >= 4 is 16.9 Å². The van der Waals surface area contributed by atoms with Crippen molar-refractivity contribution in [2.75, 3.05) is 19.0 Å². The second-order valence-electron chi connectivity index (χ2n) is 6.06. The van der Waals surface area contributed by atoms with E-state index in [-0.39, 0.29) is 5.54 Å². The maximum atomic E-state index is 5.45. The third kappa shape index (κ3) is 3.89. The highest BCUT2D eigenvalue weighted by Gasteiger charge is 2.38. The summed E-state index contributed by atoms with van der Waals surface area (Å²) in [5, 5.41) is 4.82. The van der Waals surface area contributed by atoms with Crippen LogP contribution in [-0.4, -0.2) is 35.7 Å². The largest absolute Gasteiger partial charge is 0.381 e. The minimum absolute atomic E-state index is 0.277. The molecule has 0 amide bonds. The number of aliphatic imine (C=N–C) groups is 1. The highest BCUT2D eigenvalue weighted by molar-refractivity contribution is 8.14. The van der Waals surface area contributed by atoms with Gasteiger partial charge in [-0.1, -0.05) is 25.6 Å². The first-order valence-corrected chi connectivity index (χ1v) is 8.15. The summed E-state index contributed by atoms with van der Waals surface area (Å²) in [4.78, 5) is 4.83. The van der Waals surface area contributed by atoms with Gasteiger partial charge in [0.1, 0.15) is 0 Å². The molecular formula is C14H26N2OS. The predicted molar refractivity (Wildman–Crippen MR) is 79.3 cm³/mol. The molecule has 2 rings (SSSR count). The first-order valence-electron chi connectivity index (χ1n) is 7.16. The van der Waals surface area contributed by atoms with Crippen molar-refractivity contribution in [2.45, 2.75) is 58.0 Å². The number of hydrogen-bond donors (Lipinski definition) is 1. The molecule has 2 fully saturated rings. The Kier molecular flexibility index (Phi) is 4.96. The van der Waals surface area contributed by atoms with Crippen molar-refractivity contribution in [1.29, 1.82) is 0 Å². The summed E-state index contributed by atoms with van der Waals surface area (Å²) in [5.74, 6) is 1.94. The van der Waals surface area contributed by atoms with Gasteiger partial charge in [-0.25, -0.2) is 0 Å². The number of ether oxygens (including phenoxy) is 1. The van der Waals surface area contributed by atoms with Crippen molar-refractivity contribution in [3.8, 4) is 0 Å². The van der Waals surface area contributed by atoms with E-state index >= 15 is 0 Å². The minimum atomic E-state index is 0.277. The van der Waals surface area contributed by atoms with E-state index in [1.165, 1.54) is 12.8 Å². The van der Waals surface area contributed by atoms with Gasteiger partial charge in [-0.3, -0.25) is 4.99 Å². The summed E-state index contributed by atoms with van der Waals surface area (Å²) in [6.07, 6.45) is 4.71. The number of amidine groups is 1. The van der Waals surface area contributed by atoms with Gasteiger partial charge >= 0.3 is 0 Å². The van der Waals surface area contributed by atoms with Gasteiger partial charge in [0.15, 0.2) is 5.17 Å². The molecule has 104 valence electrons. The summed E-state index contributed by atoms with van der Waals surface area (Å²) >= 11 is 1.89. The molecule has 4 heteroatoms. The monoisotopic (exact) mass is 270 g/mol. The lowest BCUT2D eigenvalue weighted by Crippen LogP contribution is -2.48. The first kappa shape index (κ1) is 14.2. The van der Waals surface area contributed by atoms with E-state index in [1.54, 1.807) is 0 Å². The van der Waals surface area contributed by atoms with E-state index in [0.717, 1.165) is 42.9 Å². The number of rotatable bonds is 4. The molecule has 2 aliphatic rings. The average Bonchev–Trinajstić information content (AvgIpc) is 2.70. The molecule has 2 heterocycles. The maximum absolute atomic E-state index is 5.45. The third-order valence-corrected chi connectivity index (χ3v) is 4.98. The Morgan fingerprint density at radius 1 is 1.28 bits per heavy atom. The Morgan fingerprint density at radius 2 is 2.00 bits per heavy atom. The van der Waals surface area contributed by atoms with Gasteiger partial charge in [-0.15, -0.1) is 0 Å². The summed E-state index contributed by atoms with van der Waals surface area (Å²) < 4.78 is 5.45. The quantitative estimate of drug-likeness (QED) is 0.852. The second-order valence-corrected chi connectivity index (χ2v) is 7.02. The lowest BCUT2D eigenvalue weighted by molar-refractivity contribution is 0.0555. The molecule has 18 heavy (non-hydrogen) atoms. The molecule has 0 bridgehead atoms. The zero-order chi connectivity index (χ0) is 13.0. The Bertz CT molecular complexity index is 298. The van der Waals surface area contributed by atoms with Gasteiger partial charge < -0.3 is 10.1 Å². The fraction of sp³-hybridized carbons (Fsp3) is 0.929. The molecule has 0 aromatic heterocycles. The number of nitrogens with one attached hydrogen (secondary N) is 1. The normalized spacial score (nSPS) is 26.8. The van der Waals surface area contributed by atoms with Crippen molar-refractivity contribution < 1.29 is 4.74 Å². The second kappa shape index (κ2) is 6.29. The Morgan fingerprint density at radius 3 is 2.67 bits per heavy atom. The van der Waals surface area contributed by atoms with Gasteiger partial charge in [-0.2, -0.15) is 0 Å².